The number of carboxylic acid groups (broad SMARTS) is 3. The normalized spacial score (nSPS) is 12.0. The molecule has 6 N–H and O–H groups in total. The molecule has 13 heteroatoms. The number of amides is 3. The molecule has 2 atom stereocenters. The summed E-state index contributed by atoms with van der Waals surface area (Å²) in [5, 5.41) is 33.9. The third-order valence-electron chi connectivity index (χ3n) is 4.58. The number of rotatable bonds is 14. The van der Waals surface area contributed by atoms with E-state index < -0.39 is 49.0 Å². The first-order valence-electron chi connectivity index (χ1n) is 10.3. The molecule has 0 saturated heterocycles. The van der Waals surface area contributed by atoms with Gasteiger partial charge in [0.25, 0.3) is 11.8 Å². The van der Waals surface area contributed by atoms with Crippen molar-refractivity contribution in [1.29, 1.82) is 0 Å². The van der Waals surface area contributed by atoms with Crippen LogP contribution < -0.4 is 16.0 Å². The minimum atomic E-state index is -1.55. The Kier molecular flexibility index (Phi) is 11.5. The van der Waals surface area contributed by atoms with Crippen LogP contribution in [-0.4, -0.2) is 76.9 Å². The molecule has 0 aliphatic rings. The monoisotopic (exact) mass is 481 g/mol. The van der Waals surface area contributed by atoms with Gasteiger partial charge in [-0.15, -0.1) is 0 Å². The number of hydrogen-bond acceptors (Lipinski definition) is 7. The highest BCUT2D eigenvalue weighted by molar-refractivity contribution is 5.97. The van der Waals surface area contributed by atoms with E-state index in [1.165, 1.54) is 31.3 Å². The molecule has 0 aliphatic carbocycles. The molecule has 0 fully saturated rings. The molecule has 0 aliphatic heterocycles. The number of hydrogen-bond donors (Lipinski definition) is 6. The molecular weight excluding hydrogens is 454 g/mol. The molecule has 0 radical (unpaired) electrons. The Morgan fingerprint density at radius 1 is 0.853 bits per heavy atom. The van der Waals surface area contributed by atoms with Gasteiger partial charge >= 0.3 is 24.0 Å². The highest BCUT2D eigenvalue weighted by atomic mass is 16.6. The third kappa shape index (κ3) is 9.97. The predicted octanol–water partition coefficient (Wildman–Crippen LogP) is 0.444. The number of carboxylic acids is 3. The van der Waals surface area contributed by atoms with Crippen molar-refractivity contribution < 1.29 is 48.8 Å². The molecular formula is C21H27N3O10. The molecule has 0 bridgehead atoms. The third-order valence-corrected chi connectivity index (χ3v) is 4.58. The molecule has 1 aromatic carbocycles. The summed E-state index contributed by atoms with van der Waals surface area (Å²) in [6.45, 7) is 0.213. The van der Waals surface area contributed by atoms with Crippen LogP contribution >= 0.6 is 0 Å². The van der Waals surface area contributed by atoms with E-state index in [-0.39, 0.29) is 31.2 Å². The summed E-state index contributed by atoms with van der Waals surface area (Å²) in [4.78, 5) is 68.5. The van der Waals surface area contributed by atoms with E-state index in [0.717, 1.165) is 0 Å². The average molecular weight is 481 g/mol. The van der Waals surface area contributed by atoms with Crippen LogP contribution in [0.3, 0.4) is 0 Å². The summed E-state index contributed by atoms with van der Waals surface area (Å²) < 4.78 is 4.76. The summed E-state index contributed by atoms with van der Waals surface area (Å²) >= 11 is 0. The Morgan fingerprint density at radius 3 is 1.94 bits per heavy atom. The summed E-state index contributed by atoms with van der Waals surface area (Å²) in [5.74, 6) is -4.83. The van der Waals surface area contributed by atoms with E-state index in [1.54, 1.807) is 0 Å². The molecule has 0 aromatic heterocycles. The van der Waals surface area contributed by atoms with E-state index in [0.29, 0.717) is 17.5 Å². The van der Waals surface area contributed by atoms with Gasteiger partial charge in [-0.05, 0) is 49.9 Å². The van der Waals surface area contributed by atoms with Crippen LogP contribution in [0.2, 0.25) is 0 Å². The van der Waals surface area contributed by atoms with Crippen LogP contribution in [0.25, 0.3) is 0 Å². The van der Waals surface area contributed by atoms with Crippen LogP contribution in [0.5, 0.6) is 0 Å². The maximum Gasteiger partial charge on any atom is 0.408 e. The number of carbonyl (C=O) groups excluding carboxylic acids is 3. The van der Waals surface area contributed by atoms with Gasteiger partial charge in [0.2, 0.25) is 6.10 Å². The molecule has 0 heterocycles. The van der Waals surface area contributed by atoms with Gasteiger partial charge in [-0.3, -0.25) is 14.4 Å². The second-order valence-electron chi connectivity index (χ2n) is 7.11. The van der Waals surface area contributed by atoms with Crippen LogP contribution in [0.4, 0.5) is 4.79 Å². The fraction of sp³-hybridized carbons (Fsp3) is 0.429. The van der Waals surface area contributed by atoms with Gasteiger partial charge in [0.05, 0.1) is 0 Å². The Bertz CT molecular complexity index is 901. The van der Waals surface area contributed by atoms with Crippen LogP contribution in [0.1, 0.15) is 52.8 Å². The van der Waals surface area contributed by atoms with Crippen molar-refractivity contribution in [3.63, 3.8) is 0 Å². The van der Waals surface area contributed by atoms with Gasteiger partial charge in [0.1, 0.15) is 6.04 Å². The number of ether oxygens (including phenoxy) is 1. The van der Waals surface area contributed by atoms with Crippen molar-refractivity contribution in [2.75, 3.05) is 13.6 Å². The first-order valence-corrected chi connectivity index (χ1v) is 10.3. The Hall–Kier alpha value is -4.16. The molecule has 13 nitrogen and oxygen atoms in total. The Morgan fingerprint density at radius 2 is 1.44 bits per heavy atom. The first kappa shape index (κ1) is 27.9. The van der Waals surface area contributed by atoms with E-state index in [2.05, 4.69) is 10.6 Å². The molecule has 1 aromatic rings. The highest BCUT2D eigenvalue weighted by Crippen LogP contribution is 2.08. The van der Waals surface area contributed by atoms with Crippen molar-refractivity contribution in [2.24, 2.45) is 0 Å². The molecule has 0 spiro atoms. The van der Waals surface area contributed by atoms with Gasteiger partial charge in [-0.2, -0.15) is 0 Å². The first-order chi connectivity index (χ1) is 16.0. The molecule has 3 amide bonds. The van der Waals surface area contributed by atoms with E-state index in [1.807, 2.05) is 5.32 Å². The number of alkyl carbamates (subject to hydrolysis) is 1. The fourth-order valence-corrected chi connectivity index (χ4v) is 2.74. The van der Waals surface area contributed by atoms with Crippen molar-refractivity contribution in [2.45, 2.75) is 44.2 Å². The fourth-order valence-electron chi connectivity index (χ4n) is 2.74. The van der Waals surface area contributed by atoms with Crippen molar-refractivity contribution in [1.82, 2.24) is 16.0 Å². The lowest BCUT2D eigenvalue weighted by molar-refractivity contribution is -0.147. The zero-order valence-electron chi connectivity index (χ0n) is 18.4. The van der Waals surface area contributed by atoms with Gasteiger partial charge in [0, 0.05) is 31.1 Å². The summed E-state index contributed by atoms with van der Waals surface area (Å²) in [7, 11) is 1.49. The largest absolute Gasteiger partial charge is 0.481 e. The number of benzene rings is 1. The maximum atomic E-state index is 12.1. The lowest BCUT2D eigenvalue weighted by Crippen LogP contribution is -2.43. The van der Waals surface area contributed by atoms with Crippen molar-refractivity contribution in [3.8, 4) is 0 Å². The zero-order valence-corrected chi connectivity index (χ0v) is 18.4. The van der Waals surface area contributed by atoms with Gasteiger partial charge in [0.15, 0.2) is 0 Å². The van der Waals surface area contributed by atoms with Crippen LogP contribution in [-0.2, 0) is 19.1 Å². The SMILES string of the molecule is CNC(=O)c1ccc(C(=O)NCCCC[C@H](OC(=O)N[C@@H](CCC(=O)O)C(=O)O)C(=O)O)cc1. The lowest BCUT2D eigenvalue weighted by atomic mass is 10.1. The molecule has 34 heavy (non-hydrogen) atoms. The highest BCUT2D eigenvalue weighted by Gasteiger charge is 2.26. The molecule has 1 rings (SSSR count). The summed E-state index contributed by atoms with van der Waals surface area (Å²) in [5.41, 5.74) is 0.742. The van der Waals surface area contributed by atoms with E-state index in [9.17, 15) is 33.9 Å². The number of unbranched alkanes of at least 4 members (excludes halogenated alkanes) is 1. The topological polar surface area (TPSA) is 208 Å². The molecule has 186 valence electrons. The summed E-state index contributed by atoms with van der Waals surface area (Å²) in [6, 6.07) is 4.45. The maximum absolute atomic E-state index is 12.1. The van der Waals surface area contributed by atoms with Crippen molar-refractivity contribution >= 4 is 35.8 Å². The molecule has 0 unspecified atom stereocenters. The predicted molar refractivity (Wildman–Crippen MR) is 115 cm³/mol. The minimum absolute atomic E-state index is 0.0910. The molecule has 0 saturated carbocycles. The van der Waals surface area contributed by atoms with Crippen LogP contribution in [0.15, 0.2) is 24.3 Å². The average Bonchev–Trinajstić information content (AvgIpc) is 2.79. The number of carbonyl (C=O) groups is 6. The second-order valence-corrected chi connectivity index (χ2v) is 7.11. The number of nitrogens with one attached hydrogen (secondary N) is 3. The van der Waals surface area contributed by atoms with Gasteiger partial charge in [-0.1, -0.05) is 0 Å². The summed E-state index contributed by atoms with van der Waals surface area (Å²) in [6.07, 6.45) is -3.21. The Labute approximate surface area is 194 Å². The van der Waals surface area contributed by atoms with E-state index in [4.69, 9.17) is 14.9 Å². The van der Waals surface area contributed by atoms with E-state index >= 15 is 0 Å². The quantitative estimate of drug-likeness (QED) is 0.202. The van der Waals surface area contributed by atoms with Crippen LogP contribution in [0, 0.1) is 0 Å². The zero-order chi connectivity index (χ0) is 25.7. The second kappa shape index (κ2) is 14.1. The standard InChI is InChI=1S/C21H27N3O10/c1-22-17(27)12-5-7-13(8-6-12)18(28)23-11-3-2-4-15(20(31)32)34-21(33)24-14(19(29)30)9-10-16(25)26/h5-8,14-15H,2-4,9-11H2,1H3,(H,22,27)(H,23,28)(H,24,33)(H,25,26)(H,29,30)(H,31,32)/t14-,15-/m0/s1. The minimum Gasteiger partial charge on any atom is -0.481 e. The Balaban J connectivity index is 2.44. The smallest absolute Gasteiger partial charge is 0.408 e. The lowest BCUT2D eigenvalue weighted by Gasteiger charge is -2.17. The van der Waals surface area contributed by atoms with Gasteiger partial charge in [-0.25, -0.2) is 14.4 Å². The number of aliphatic carboxylic acids is 3. The van der Waals surface area contributed by atoms with Gasteiger partial charge < -0.3 is 36.0 Å². The van der Waals surface area contributed by atoms with Crippen molar-refractivity contribution in [3.05, 3.63) is 35.4 Å².